The third kappa shape index (κ3) is 2.73. The van der Waals surface area contributed by atoms with E-state index in [-0.39, 0.29) is 11.9 Å². The Hall–Kier alpha value is -2.81. The molecule has 0 aliphatic carbocycles. The molecule has 1 atom stereocenters. The molecule has 0 spiro atoms. The molecule has 0 saturated carbocycles. The minimum absolute atomic E-state index is 0.115. The fraction of sp³-hybridized carbons (Fsp3) is 0.389. The Morgan fingerprint density at radius 3 is 2.79 bits per heavy atom. The van der Waals surface area contributed by atoms with Crippen molar-refractivity contribution in [2.75, 3.05) is 11.9 Å². The van der Waals surface area contributed by atoms with Crippen molar-refractivity contribution < 1.29 is 9.53 Å². The lowest BCUT2D eigenvalue weighted by Gasteiger charge is -2.10. The summed E-state index contributed by atoms with van der Waals surface area (Å²) in [4.78, 5) is 12.7. The molecule has 3 rings (SSSR count). The van der Waals surface area contributed by atoms with Gasteiger partial charge in [0.15, 0.2) is 5.82 Å². The fourth-order valence-corrected chi connectivity index (χ4v) is 2.72. The Bertz CT molecular complexity index is 845. The predicted molar refractivity (Wildman–Crippen MR) is 90.1 cm³/mol. The summed E-state index contributed by atoms with van der Waals surface area (Å²) in [5, 5.41) is 16.3. The van der Waals surface area contributed by atoms with Crippen LogP contribution >= 0.6 is 0 Å². The van der Waals surface area contributed by atoms with Gasteiger partial charge in [0, 0.05) is 17.8 Å². The second-order valence-electron chi connectivity index (χ2n) is 6.40. The second-order valence-corrected chi connectivity index (χ2v) is 6.40. The number of aromatic nitrogens is 2. The van der Waals surface area contributed by atoms with Crippen molar-refractivity contribution in [3.8, 4) is 11.8 Å². The van der Waals surface area contributed by atoms with Crippen LogP contribution in [0.1, 0.15) is 48.1 Å². The molecule has 1 aromatic heterocycles. The minimum atomic E-state index is -0.393. The summed E-state index contributed by atoms with van der Waals surface area (Å²) >= 11 is 0. The van der Waals surface area contributed by atoms with Gasteiger partial charge in [-0.25, -0.2) is 0 Å². The van der Waals surface area contributed by atoms with Crippen molar-refractivity contribution >= 4 is 11.7 Å². The molecule has 0 radical (unpaired) electrons. The van der Waals surface area contributed by atoms with Gasteiger partial charge in [0.2, 0.25) is 5.91 Å². The Kier molecular flexibility index (Phi) is 4.02. The van der Waals surface area contributed by atoms with E-state index in [2.05, 4.69) is 16.5 Å². The van der Waals surface area contributed by atoms with E-state index in [4.69, 9.17) is 4.74 Å². The van der Waals surface area contributed by atoms with Gasteiger partial charge >= 0.3 is 0 Å². The fourth-order valence-electron chi connectivity index (χ4n) is 2.72. The molecule has 0 bridgehead atoms. The van der Waals surface area contributed by atoms with E-state index in [9.17, 15) is 10.1 Å². The monoisotopic (exact) mass is 324 g/mol. The van der Waals surface area contributed by atoms with E-state index in [0.29, 0.717) is 18.0 Å². The average Bonchev–Trinajstić information content (AvgIpc) is 3.11. The van der Waals surface area contributed by atoms with Gasteiger partial charge in [-0.3, -0.25) is 9.48 Å². The molecular weight excluding hydrogens is 304 g/mol. The van der Waals surface area contributed by atoms with Crippen LogP contribution < -0.4 is 10.1 Å². The number of amides is 1. The maximum atomic E-state index is 12.7. The number of hydrogen-bond acceptors (Lipinski definition) is 4. The summed E-state index contributed by atoms with van der Waals surface area (Å²) in [7, 11) is 0. The minimum Gasteiger partial charge on any atom is -0.492 e. The zero-order chi connectivity index (χ0) is 17.4. The summed E-state index contributed by atoms with van der Waals surface area (Å²) in [6.07, 6.45) is 1.65. The number of anilines is 1. The van der Waals surface area contributed by atoms with Crippen LogP contribution in [0, 0.1) is 25.2 Å². The van der Waals surface area contributed by atoms with Crippen molar-refractivity contribution in [3.63, 3.8) is 0 Å². The molecule has 1 N–H and O–H groups in total. The zero-order valence-electron chi connectivity index (χ0n) is 14.3. The van der Waals surface area contributed by atoms with Crippen LogP contribution in [-0.4, -0.2) is 22.3 Å². The molecule has 124 valence electrons. The number of rotatable bonds is 3. The molecule has 0 unspecified atom stereocenters. The summed E-state index contributed by atoms with van der Waals surface area (Å²) in [6.45, 7) is 8.26. The number of nitrogens with zero attached hydrogens (tertiary/aromatic N) is 3. The summed E-state index contributed by atoms with van der Waals surface area (Å²) < 4.78 is 7.32. The van der Waals surface area contributed by atoms with Crippen LogP contribution in [0.25, 0.3) is 0 Å². The molecule has 1 aliphatic heterocycles. The van der Waals surface area contributed by atoms with Crippen molar-refractivity contribution in [2.24, 2.45) is 0 Å². The Morgan fingerprint density at radius 2 is 2.12 bits per heavy atom. The molecule has 1 aromatic carbocycles. The average molecular weight is 324 g/mol. The maximum absolute atomic E-state index is 12.7. The number of carbonyl (C=O) groups excluding carboxylic acids is 1. The Morgan fingerprint density at radius 1 is 1.42 bits per heavy atom. The topological polar surface area (TPSA) is 79.9 Å². The van der Waals surface area contributed by atoms with Crippen LogP contribution in [0.4, 0.5) is 5.82 Å². The van der Waals surface area contributed by atoms with Gasteiger partial charge in [0.05, 0.1) is 0 Å². The van der Waals surface area contributed by atoms with Crippen LogP contribution in [0.2, 0.25) is 0 Å². The lowest BCUT2D eigenvalue weighted by atomic mass is 9.96. The molecule has 2 aromatic rings. The first kappa shape index (κ1) is 16.1. The van der Waals surface area contributed by atoms with Gasteiger partial charge in [-0.05, 0) is 44.9 Å². The Labute approximate surface area is 141 Å². The third-order valence-corrected chi connectivity index (χ3v) is 4.35. The first-order chi connectivity index (χ1) is 11.4. The highest BCUT2D eigenvalue weighted by Gasteiger charge is 2.31. The highest BCUT2D eigenvalue weighted by Crippen LogP contribution is 2.36. The quantitative estimate of drug-likeness (QED) is 0.941. The molecule has 2 heterocycles. The molecule has 0 fully saturated rings. The molecule has 24 heavy (non-hydrogen) atoms. The summed E-state index contributed by atoms with van der Waals surface area (Å²) in [5.74, 6) is 0.456. The highest BCUT2D eigenvalue weighted by molar-refractivity contribution is 5.97. The number of nitriles is 1. The Balaban J connectivity index is 1.86. The lowest BCUT2D eigenvalue weighted by Crippen LogP contribution is -2.23. The number of hydrogen-bond donors (Lipinski definition) is 1. The van der Waals surface area contributed by atoms with E-state index in [1.807, 2.05) is 39.8 Å². The maximum Gasteiger partial charge on any atom is 0.236 e. The smallest absolute Gasteiger partial charge is 0.236 e. The van der Waals surface area contributed by atoms with E-state index >= 15 is 0 Å². The zero-order valence-corrected chi connectivity index (χ0v) is 14.3. The SMILES string of the molecule is Cc1cc2c(cc1C)[C@H](C(=O)Nc1nn(C(C)C)cc1C#N)CO2. The number of benzene rings is 1. The van der Waals surface area contributed by atoms with E-state index in [1.54, 1.807) is 10.9 Å². The van der Waals surface area contributed by atoms with Crippen LogP contribution in [0.3, 0.4) is 0 Å². The molecule has 6 nitrogen and oxygen atoms in total. The van der Waals surface area contributed by atoms with Gasteiger partial charge in [0.1, 0.15) is 29.9 Å². The molecule has 1 amide bonds. The normalized spacial score (nSPS) is 15.8. The standard InChI is InChI=1S/C18H20N4O2/c1-10(2)22-8-13(7-19)17(21-22)20-18(23)15-9-24-16-6-12(4)11(3)5-14(15)16/h5-6,8,10,15H,9H2,1-4H3,(H,20,21,23)/t15-/m1/s1. The molecule has 6 heteroatoms. The van der Waals surface area contributed by atoms with Gasteiger partial charge in [-0.15, -0.1) is 0 Å². The van der Waals surface area contributed by atoms with Crippen molar-refractivity contribution in [1.82, 2.24) is 9.78 Å². The number of aryl methyl sites for hydroxylation is 2. The first-order valence-electron chi connectivity index (χ1n) is 7.94. The van der Waals surface area contributed by atoms with Crippen LogP contribution in [0.5, 0.6) is 5.75 Å². The van der Waals surface area contributed by atoms with Gasteiger partial charge in [-0.2, -0.15) is 10.4 Å². The number of fused-ring (bicyclic) bond motifs is 1. The van der Waals surface area contributed by atoms with Crippen molar-refractivity contribution in [1.29, 1.82) is 5.26 Å². The van der Waals surface area contributed by atoms with E-state index in [0.717, 1.165) is 22.4 Å². The van der Waals surface area contributed by atoms with Gasteiger partial charge in [-0.1, -0.05) is 6.07 Å². The summed E-state index contributed by atoms with van der Waals surface area (Å²) in [5.41, 5.74) is 3.50. The second kappa shape index (κ2) is 6.00. The predicted octanol–water partition coefficient (Wildman–Crippen LogP) is 3.07. The van der Waals surface area contributed by atoms with Crippen molar-refractivity contribution in [3.05, 3.63) is 40.6 Å². The first-order valence-corrected chi connectivity index (χ1v) is 7.94. The van der Waals surface area contributed by atoms with Gasteiger partial charge in [0.25, 0.3) is 0 Å². The van der Waals surface area contributed by atoms with Crippen molar-refractivity contribution in [2.45, 2.75) is 39.7 Å². The molecule has 0 saturated heterocycles. The highest BCUT2D eigenvalue weighted by atomic mass is 16.5. The lowest BCUT2D eigenvalue weighted by molar-refractivity contribution is -0.117. The van der Waals surface area contributed by atoms with Crippen LogP contribution in [-0.2, 0) is 4.79 Å². The molecular formula is C18H20N4O2. The largest absolute Gasteiger partial charge is 0.492 e. The summed E-state index contributed by atoms with van der Waals surface area (Å²) in [6, 6.07) is 6.15. The number of carbonyl (C=O) groups is 1. The van der Waals surface area contributed by atoms with E-state index < -0.39 is 5.92 Å². The number of nitrogens with one attached hydrogen (secondary N) is 1. The number of ether oxygens (including phenoxy) is 1. The van der Waals surface area contributed by atoms with E-state index in [1.165, 1.54) is 0 Å². The third-order valence-electron chi connectivity index (χ3n) is 4.35. The van der Waals surface area contributed by atoms with Crippen LogP contribution in [0.15, 0.2) is 18.3 Å². The van der Waals surface area contributed by atoms with Gasteiger partial charge < -0.3 is 10.1 Å². The molecule has 1 aliphatic rings.